The summed E-state index contributed by atoms with van der Waals surface area (Å²) >= 11 is 3.33. The van der Waals surface area contributed by atoms with E-state index in [1.165, 1.54) is 6.42 Å². The number of hydrogen-bond donors (Lipinski definition) is 0. The number of sulfonamides is 1. The summed E-state index contributed by atoms with van der Waals surface area (Å²) in [6, 6.07) is 6.92. The predicted molar refractivity (Wildman–Crippen MR) is 88.8 cm³/mol. The Hall–Kier alpha value is -0.430. The summed E-state index contributed by atoms with van der Waals surface area (Å²) in [5.41, 5.74) is 0. The second-order valence-corrected chi connectivity index (χ2v) is 8.74. The van der Waals surface area contributed by atoms with Crippen molar-refractivity contribution in [2.45, 2.75) is 25.2 Å². The maximum absolute atomic E-state index is 12.6. The topological polar surface area (TPSA) is 40.6 Å². The molecule has 6 heteroatoms. The van der Waals surface area contributed by atoms with Crippen LogP contribution >= 0.6 is 15.9 Å². The van der Waals surface area contributed by atoms with Crippen LogP contribution in [0.15, 0.2) is 33.6 Å². The number of piperazine rings is 1. The van der Waals surface area contributed by atoms with E-state index in [9.17, 15) is 8.42 Å². The lowest BCUT2D eigenvalue weighted by Crippen LogP contribution is -2.48. The highest BCUT2D eigenvalue weighted by atomic mass is 79.9. The largest absolute Gasteiger partial charge is 0.301 e. The van der Waals surface area contributed by atoms with Crippen molar-refractivity contribution in [3.63, 3.8) is 0 Å². The molecule has 0 spiro atoms. The van der Waals surface area contributed by atoms with Gasteiger partial charge in [-0.2, -0.15) is 4.31 Å². The lowest BCUT2D eigenvalue weighted by Gasteiger charge is -2.34. The summed E-state index contributed by atoms with van der Waals surface area (Å²) < 4.78 is 27.6. The first-order valence-electron chi connectivity index (χ1n) is 7.37. The van der Waals surface area contributed by atoms with Crippen molar-refractivity contribution in [3.05, 3.63) is 28.7 Å². The predicted octanol–water partition coefficient (Wildman–Crippen LogP) is 2.80. The van der Waals surface area contributed by atoms with Gasteiger partial charge >= 0.3 is 0 Å². The van der Waals surface area contributed by atoms with E-state index in [0.29, 0.717) is 23.9 Å². The van der Waals surface area contributed by atoms with Gasteiger partial charge in [-0.1, -0.05) is 35.8 Å². The van der Waals surface area contributed by atoms with E-state index in [0.717, 1.165) is 24.1 Å². The molecule has 1 aromatic carbocycles. The zero-order chi connectivity index (χ0) is 15.5. The third-order valence-corrected chi connectivity index (χ3v) is 6.18. The summed E-state index contributed by atoms with van der Waals surface area (Å²) in [6.45, 7) is 8.28. The van der Waals surface area contributed by atoms with Crippen molar-refractivity contribution in [2.75, 3.05) is 32.7 Å². The lowest BCUT2D eigenvalue weighted by molar-refractivity contribution is 0.180. The molecule has 1 heterocycles. The molecule has 0 bridgehead atoms. The van der Waals surface area contributed by atoms with Crippen LogP contribution in [-0.2, 0) is 10.0 Å². The van der Waals surface area contributed by atoms with Crippen LogP contribution < -0.4 is 0 Å². The van der Waals surface area contributed by atoms with Crippen LogP contribution in [0.1, 0.15) is 20.3 Å². The Labute approximate surface area is 136 Å². The van der Waals surface area contributed by atoms with Gasteiger partial charge < -0.3 is 4.90 Å². The first kappa shape index (κ1) is 16.9. The summed E-state index contributed by atoms with van der Waals surface area (Å²) in [7, 11) is -3.36. The minimum atomic E-state index is -3.36. The summed E-state index contributed by atoms with van der Waals surface area (Å²) in [4.78, 5) is 2.72. The van der Waals surface area contributed by atoms with E-state index < -0.39 is 10.0 Å². The first-order valence-corrected chi connectivity index (χ1v) is 9.61. The molecule has 21 heavy (non-hydrogen) atoms. The minimum Gasteiger partial charge on any atom is -0.301 e. The fourth-order valence-electron chi connectivity index (χ4n) is 2.41. The second-order valence-electron chi connectivity index (χ2n) is 5.89. The molecule has 0 aliphatic carbocycles. The van der Waals surface area contributed by atoms with Gasteiger partial charge in [0, 0.05) is 30.7 Å². The van der Waals surface area contributed by atoms with Crippen molar-refractivity contribution in [2.24, 2.45) is 5.92 Å². The molecular formula is C15H23BrN2O2S. The molecule has 1 aliphatic heterocycles. The van der Waals surface area contributed by atoms with Crippen molar-refractivity contribution in [3.8, 4) is 0 Å². The Balaban J connectivity index is 1.98. The molecule has 0 unspecified atom stereocenters. The normalized spacial score (nSPS) is 18.3. The Kier molecular flexibility index (Phi) is 5.82. The van der Waals surface area contributed by atoms with Crippen LogP contribution in [0.25, 0.3) is 0 Å². The number of halogens is 1. The smallest absolute Gasteiger partial charge is 0.243 e. The zero-order valence-electron chi connectivity index (χ0n) is 12.6. The van der Waals surface area contributed by atoms with Crippen molar-refractivity contribution in [1.29, 1.82) is 0 Å². The highest BCUT2D eigenvalue weighted by Gasteiger charge is 2.28. The van der Waals surface area contributed by atoms with Gasteiger partial charge in [-0.3, -0.25) is 0 Å². The molecule has 2 rings (SSSR count). The van der Waals surface area contributed by atoms with Crippen molar-refractivity contribution >= 4 is 26.0 Å². The van der Waals surface area contributed by atoms with Crippen LogP contribution in [0.4, 0.5) is 0 Å². The third kappa shape index (κ3) is 4.52. The Morgan fingerprint density at radius 2 is 1.86 bits per heavy atom. The van der Waals surface area contributed by atoms with Crippen LogP contribution in [0.5, 0.6) is 0 Å². The van der Waals surface area contributed by atoms with Crippen LogP contribution in [-0.4, -0.2) is 50.3 Å². The molecule has 0 N–H and O–H groups in total. The molecule has 0 saturated carbocycles. The molecule has 0 radical (unpaired) electrons. The monoisotopic (exact) mass is 374 g/mol. The highest BCUT2D eigenvalue weighted by molar-refractivity contribution is 9.10. The van der Waals surface area contributed by atoms with Gasteiger partial charge in [-0.15, -0.1) is 0 Å². The molecular weight excluding hydrogens is 352 g/mol. The number of benzene rings is 1. The molecule has 0 atom stereocenters. The fourth-order valence-corrected chi connectivity index (χ4v) is 4.43. The Bertz CT molecular complexity index is 567. The van der Waals surface area contributed by atoms with E-state index in [2.05, 4.69) is 34.7 Å². The highest BCUT2D eigenvalue weighted by Crippen LogP contribution is 2.21. The quantitative estimate of drug-likeness (QED) is 0.795. The van der Waals surface area contributed by atoms with Gasteiger partial charge in [0.2, 0.25) is 10.0 Å². The van der Waals surface area contributed by atoms with Gasteiger partial charge in [0.15, 0.2) is 0 Å². The Morgan fingerprint density at radius 1 is 1.19 bits per heavy atom. The van der Waals surface area contributed by atoms with Gasteiger partial charge in [0.1, 0.15) is 0 Å². The summed E-state index contributed by atoms with van der Waals surface area (Å²) in [5.74, 6) is 0.688. The standard InChI is InChI=1S/C15H23BrN2O2S/c1-13(2)6-7-17-8-10-18(11-9-17)21(19,20)15-5-3-4-14(16)12-15/h3-5,12-13H,6-11H2,1-2H3. The first-order chi connectivity index (χ1) is 9.89. The molecule has 4 nitrogen and oxygen atoms in total. The average Bonchev–Trinajstić information content (AvgIpc) is 2.45. The average molecular weight is 375 g/mol. The van der Waals surface area contributed by atoms with Crippen LogP contribution in [0.2, 0.25) is 0 Å². The molecule has 1 aliphatic rings. The van der Waals surface area contributed by atoms with Gasteiger partial charge in [-0.25, -0.2) is 8.42 Å². The molecule has 1 saturated heterocycles. The van der Waals surface area contributed by atoms with Crippen molar-refractivity contribution in [1.82, 2.24) is 9.21 Å². The van der Waals surface area contributed by atoms with Gasteiger partial charge in [0.05, 0.1) is 4.90 Å². The van der Waals surface area contributed by atoms with Crippen molar-refractivity contribution < 1.29 is 8.42 Å². The maximum Gasteiger partial charge on any atom is 0.243 e. The molecule has 118 valence electrons. The summed E-state index contributed by atoms with van der Waals surface area (Å²) in [6.07, 6.45) is 1.17. The molecule has 1 aromatic rings. The van der Waals surface area contributed by atoms with Crippen LogP contribution in [0, 0.1) is 5.92 Å². The van der Waals surface area contributed by atoms with Gasteiger partial charge in [-0.05, 0) is 37.1 Å². The molecule has 1 fully saturated rings. The fraction of sp³-hybridized carbons (Fsp3) is 0.600. The van der Waals surface area contributed by atoms with Crippen LogP contribution in [0.3, 0.4) is 0 Å². The maximum atomic E-state index is 12.6. The SMILES string of the molecule is CC(C)CCN1CCN(S(=O)(=O)c2cccc(Br)c2)CC1. The van der Waals surface area contributed by atoms with E-state index in [1.54, 1.807) is 22.5 Å². The number of rotatable bonds is 5. The second kappa shape index (κ2) is 7.22. The van der Waals surface area contributed by atoms with E-state index in [4.69, 9.17) is 0 Å². The summed E-state index contributed by atoms with van der Waals surface area (Å²) in [5, 5.41) is 0. The number of hydrogen-bond acceptors (Lipinski definition) is 3. The molecule has 0 aromatic heterocycles. The zero-order valence-corrected chi connectivity index (χ0v) is 15.0. The third-order valence-electron chi connectivity index (χ3n) is 3.79. The Morgan fingerprint density at radius 3 is 2.43 bits per heavy atom. The molecule has 0 amide bonds. The van der Waals surface area contributed by atoms with E-state index in [1.807, 2.05) is 6.07 Å². The van der Waals surface area contributed by atoms with Gasteiger partial charge in [0.25, 0.3) is 0 Å². The minimum absolute atomic E-state index is 0.368. The lowest BCUT2D eigenvalue weighted by atomic mass is 10.1. The number of nitrogens with zero attached hydrogens (tertiary/aromatic N) is 2. The van der Waals surface area contributed by atoms with E-state index >= 15 is 0 Å². The van der Waals surface area contributed by atoms with E-state index in [-0.39, 0.29) is 0 Å².